The lowest BCUT2D eigenvalue weighted by atomic mass is 10.5. The van der Waals surface area contributed by atoms with Gasteiger partial charge in [-0.3, -0.25) is 4.79 Å². The number of hydrogen-bond acceptors (Lipinski definition) is 2. The second-order valence-electron chi connectivity index (χ2n) is 1.63. The zero-order valence-corrected chi connectivity index (χ0v) is 5.81. The number of amides is 1. The number of anilines is 1. The molecule has 1 heterocycles. The summed E-state index contributed by atoms with van der Waals surface area (Å²) >= 11 is 1.56. The largest absolute Gasteiger partial charge is 0.316 e. The minimum atomic E-state index is 0.898. The fraction of sp³-hybridized carbons (Fsp3) is 0.167. The summed E-state index contributed by atoms with van der Waals surface area (Å²) in [5, 5.41) is 3.81. The first-order valence-electron chi connectivity index (χ1n) is 2.48. The lowest BCUT2D eigenvalue weighted by molar-refractivity contribution is 0.554. The van der Waals surface area contributed by atoms with Crippen molar-refractivity contribution < 1.29 is 4.79 Å². The zero-order chi connectivity index (χ0) is 6.69. The molecule has 2 nitrogen and oxygen atoms in total. The fourth-order valence-corrected chi connectivity index (χ4v) is 1.17. The van der Waals surface area contributed by atoms with Gasteiger partial charge in [0.2, 0.25) is 0 Å². The predicted octanol–water partition coefficient (Wildman–Crippen LogP) is 1.25. The van der Waals surface area contributed by atoms with Crippen molar-refractivity contribution in [3.63, 3.8) is 0 Å². The summed E-state index contributed by atoms with van der Waals surface area (Å²) in [5.74, 6) is 0. The molecule has 1 amide bonds. The van der Waals surface area contributed by atoms with E-state index in [2.05, 4.69) is 0 Å². The van der Waals surface area contributed by atoms with Crippen LogP contribution in [0.3, 0.4) is 0 Å². The van der Waals surface area contributed by atoms with Crippen LogP contribution in [-0.4, -0.2) is 13.5 Å². The molecule has 0 fully saturated rings. The highest BCUT2D eigenvalue weighted by atomic mass is 32.1. The lowest BCUT2D eigenvalue weighted by Crippen LogP contribution is -2.11. The molecule has 0 aliphatic carbocycles. The topological polar surface area (TPSA) is 20.3 Å². The van der Waals surface area contributed by atoms with Gasteiger partial charge in [-0.15, -0.1) is 0 Å². The van der Waals surface area contributed by atoms with Gasteiger partial charge in [-0.25, -0.2) is 0 Å². The molecule has 0 spiro atoms. The quantitative estimate of drug-likeness (QED) is 0.566. The molecule has 1 rings (SSSR count). The van der Waals surface area contributed by atoms with Gasteiger partial charge in [0.25, 0.3) is 0 Å². The van der Waals surface area contributed by atoms with Crippen molar-refractivity contribution in [1.82, 2.24) is 0 Å². The summed E-state index contributed by atoms with van der Waals surface area (Å²) in [7, 11) is 1.68. The fourth-order valence-electron chi connectivity index (χ4n) is 0.501. The monoisotopic (exact) mass is 140 g/mol. The summed E-state index contributed by atoms with van der Waals surface area (Å²) in [6.07, 6.45) is 1.76. The van der Waals surface area contributed by atoms with Crippen LogP contribution in [0.15, 0.2) is 16.8 Å². The van der Waals surface area contributed by atoms with Gasteiger partial charge >= 0.3 is 6.41 Å². The Morgan fingerprint density at radius 2 is 2.56 bits per heavy atom. The van der Waals surface area contributed by atoms with Gasteiger partial charge in [0.15, 0.2) is 0 Å². The molecular formula is C6H6NOS. The third-order valence-corrected chi connectivity index (χ3v) is 1.70. The first-order chi connectivity index (χ1) is 4.34. The van der Waals surface area contributed by atoms with Crippen LogP contribution in [0, 0.1) is 0 Å². The van der Waals surface area contributed by atoms with Gasteiger partial charge < -0.3 is 4.90 Å². The van der Waals surface area contributed by atoms with Crippen LogP contribution in [0.5, 0.6) is 0 Å². The molecule has 1 radical (unpaired) electrons. The van der Waals surface area contributed by atoms with E-state index in [1.54, 1.807) is 24.8 Å². The van der Waals surface area contributed by atoms with Crippen molar-refractivity contribution >= 4 is 23.4 Å². The van der Waals surface area contributed by atoms with Crippen molar-refractivity contribution in [2.45, 2.75) is 0 Å². The van der Waals surface area contributed by atoms with Gasteiger partial charge in [0.05, 0.1) is 5.69 Å². The lowest BCUT2D eigenvalue weighted by Gasteiger charge is -2.03. The van der Waals surface area contributed by atoms with E-state index in [-0.39, 0.29) is 0 Å². The Morgan fingerprint density at radius 1 is 1.78 bits per heavy atom. The first-order valence-corrected chi connectivity index (χ1v) is 3.42. The molecule has 0 aliphatic heterocycles. The van der Waals surface area contributed by atoms with Crippen LogP contribution in [0.25, 0.3) is 0 Å². The third kappa shape index (κ3) is 1.29. The second kappa shape index (κ2) is 2.64. The molecule has 47 valence electrons. The molecule has 3 heteroatoms. The van der Waals surface area contributed by atoms with Crippen LogP contribution in [0.4, 0.5) is 5.69 Å². The molecule has 0 unspecified atom stereocenters. The van der Waals surface area contributed by atoms with Crippen LogP contribution in [-0.2, 0) is 4.79 Å². The molecule has 1 aromatic heterocycles. The van der Waals surface area contributed by atoms with Crippen molar-refractivity contribution in [2.75, 3.05) is 11.9 Å². The average molecular weight is 140 g/mol. The highest BCUT2D eigenvalue weighted by Crippen LogP contribution is 2.14. The highest BCUT2D eigenvalue weighted by molar-refractivity contribution is 7.08. The molecule has 0 aromatic carbocycles. The second-order valence-corrected chi connectivity index (χ2v) is 2.41. The number of rotatable bonds is 2. The van der Waals surface area contributed by atoms with E-state index >= 15 is 0 Å². The molecule has 0 N–H and O–H groups in total. The van der Waals surface area contributed by atoms with E-state index < -0.39 is 0 Å². The minimum absolute atomic E-state index is 0.898. The van der Waals surface area contributed by atoms with Crippen LogP contribution in [0.2, 0.25) is 0 Å². The Morgan fingerprint density at radius 3 is 3.00 bits per heavy atom. The van der Waals surface area contributed by atoms with Crippen molar-refractivity contribution in [3.05, 3.63) is 16.8 Å². The van der Waals surface area contributed by atoms with Crippen LogP contribution >= 0.6 is 11.3 Å². The van der Waals surface area contributed by atoms with E-state index in [1.165, 1.54) is 4.90 Å². The maximum atomic E-state index is 10.0. The van der Waals surface area contributed by atoms with E-state index in [0.717, 1.165) is 5.69 Å². The Kier molecular flexibility index (Phi) is 1.85. The summed E-state index contributed by atoms with van der Waals surface area (Å²) < 4.78 is 0. The third-order valence-electron chi connectivity index (χ3n) is 1.03. The summed E-state index contributed by atoms with van der Waals surface area (Å²) in [6.45, 7) is 0. The maximum absolute atomic E-state index is 10.0. The van der Waals surface area contributed by atoms with E-state index in [0.29, 0.717) is 0 Å². The Balaban J connectivity index is 2.76. The van der Waals surface area contributed by atoms with E-state index in [4.69, 9.17) is 0 Å². The standard InChI is InChI=1S/C6H6NOS/c1-7(5-8)6-2-3-9-4-6/h2-4H,1H3. The molecule has 0 bridgehead atoms. The molecule has 0 aliphatic rings. The van der Waals surface area contributed by atoms with Gasteiger partial charge in [-0.05, 0) is 11.4 Å². The predicted molar refractivity (Wildman–Crippen MR) is 38.4 cm³/mol. The summed E-state index contributed by atoms with van der Waals surface area (Å²) in [5.41, 5.74) is 0.898. The van der Waals surface area contributed by atoms with Crippen LogP contribution < -0.4 is 4.90 Å². The van der Waals surface area contributed by atoms with Gasteiger partial charge in [0, 0.05) is 12.4 Å². The number of hydrogen-bond donors (Lipinski definition) is 0. The Labute approximate surface area is 57.7 Å². The van der Waals surface area contributed by atoms with Crippen LogP contribution in [0.1, 0.15) is 0 Å². The van der Waals surface area contributed by atoms with Crippen molar-refractivity contribution in [1.29, 1.82) is 0 Å². The Bertz CT molecular complexity index is 183. The molecule has 9 heavy (non-hydrogen) atoms. The van der Waals surface area contributed by atoms with E-state index in [9.17, 15) is 4.79 Å². The highest BCUT2D eigenvalue weighted by Gasteiger charge is 1.96. The van der Waals surface area contributed by atoms with Gasteiger partial charge in [-0.1, -0.05) is 0 Å². The van der Waals surface area contributed by atoms with Gasteiger partial charge in [0.1, 0.15) is 0 Å². The first kappa shape index (κ1) is 6.29. The smallest absolute Gasteiger partial charge is 0.306 e. The van der Waals surface area contributed by atoms with Crippen molar-refractivity contribution in [2.24, 2.45) is 0 Å². The average Bonchev–Trinajstić information content (AvgIpc) is 2.37. The summed E-state index contributed by atoms with van der Waals surface area (Å²) in [4.78, 5) is 11.4. The zero-order valence-electron chi connectivity index (χ0n) is 5.00. The van der Waals surface area contributed by atoms with E-state index in [1.807, 2.05) is 16.8 Å². The molecular weight excluding hydrogens is 134 g/mol. The molecule has 0 saturated heterocycles. The number of nitrogens with zero attached hydrogens (tertiary/aromatic N) is 1. The molecule has 1 aromatic rings. The molecule has 0 saturated carbocycles. The normalized spacial score (nSPS) is 9.00. The SMILES string of the molecule is CN([C]=O)c1ccsc1. The van der Waals surface area contributed by atoms with Crippen molar-refractivity contribution in [3.8, 4) is 0 Å². The molecule has 0 atom stereocenters. The number of carbonyl (C=O) groups excluding carboxylic acids is 1. The Hall–Kier alpha value is -0.830. The minimum Gasteiger partial charge on any atom is -0.306 e. The number of thiophene rings is 1. The van der Waals surface area contributed by atoms with Gasteiger partial charge in [-0.2, -0.15) is 11.3 Å². The maximum Gasteiger partial charge on any atom is 0.316 e. The summed E-state index contributed by atoms with van der Waals surface area (Å²) in [6, 6.07) is 1.87.